The molecule has 0 aliphatic carbocycles. The molecule has 1 heterocycles. The lowest BCUT2D eigenvalue weighted by Crippen LogP contribution is -1.99. The molecule has 0 fully saturated rings. The summed E-state index contributed by atoms with van der Waals surface area (Å²) >= 11 is 0. The van der Waals surface area contributed by atoms with Gasteiger partial charge in [0, 0.05) is 17.8 Å². The van der Waals surface area contributed by atoms with E-state index >= 15 is 0 Å². The van der Waals surface area contributed by atoms with E-state index in [4.69, 9.17) is 4.74 Å². The Hall–Kier alpha value is -2.01. The number of aliphatic hydroxyl groups is 1. The molecule has 1 aromatic carbocycles. The molecular formula is C13H11F2NO2. The fourth-order valence-electron chi connectivity index (χ4n) is 1.47. The van der Waals surface area contributed by atoms with E-state index in [-0.39, 0.29) is 11.6 Å². The zero-order valence-corrected chi connectivity index (χ0v) is 9.60. The third-order valence-corrected chi connectivity index (χ3v) is 2.35. The van der Waals surface area contributed by atoms with E-state index in [0.717, 1.165) is 18.2 Å². The summed E-state index contributed by atoms with van der Waals surface area (Å²) in [5.74, 6) is -1.52. The number of nitrogens with zero attached hydrogens (tertiary/aromatic N) is 1. The molecule has 0 amide bonds. The highest BCUT2D eigenvalue weighted by Gasteiger charge is 2.13. The van der Waals surface area contributed by atoms with Gasteiger partial charge in [-0.3, -0.25) is 0 Å². The molecule has 94 valence electrons. The smallest absolute Gasteiger partial charge is 0.225 e. The summed E-state index contributed by atoms with van der Waals surface area (Å²) in [6, 6.07) is 6.11. The molecule has 3 nitrogen and oxygen atoms in total. The first-order valence-corrected chi connectivity index (χ1v) is 5.34. The Labute approximate surface area is 103 Å². The van der Waals surface area contributed by atoms with Gasteiger partial charge in [0.2, 0.25) is 5.88 Å². The Bertz CT molecular complexity index is 558. The van der Waals surface area contributed by atoms with Crippen molar-refractivity contribution in [2.45, 2.75) is 13.0 Å². The fourth-order valence-corrected chi connectivity index (χ4v) is 1.47. The second-order valence-electron chi connectivity index (χ2n) is 3.75. The lowest BCUT2D eigenvalue weighted by atomic mass is 10.2. The molecule has 0 saturated carbocycles. The van der Waals surface area contributed by atoms with Crippen molar-refractivity contribution >= 4 is 0 Å². The lowest BCUT2D eigenvalue weighted by Gasteiger charge is -2.11. The number of benzene rings is 1. The average Bonchev–Trinajstić information content (AvgIpc) is 2.34. The summed E-state index contributed by atoms with van der Waals surface area (Å²) in [4.78, 5) is 3.89. The molecule has 1 aromatic heterocycles. The average molecular weight is 251 g/mol. The number of hydrogen-bond donors (Lipinski definition) is 1. The van der Waals surface area contributed by atoms with E-state index in [1.54, 1.807) is 12.1 Å². The van der Waals surface area contributed by atoms with Gasteiger partial charge in [0.1, 0.15) is 5.82 Å². The number of rotatable bonds is 3. The first-order valence-electron chi connectivity index (χ1n) is 5.34. The van der Waals surface area contributed by atoms with Gasteiger partial charge in [-0.05, 0) is 31.2 Å². The Balaban J connectivity index is 2.37. The standard InChI is InChI=1S/C13H11F2NO2/c1-8(17)10-3-2-6-16-13(10)18-12-7-9(14)4-5-11(12)15/h2-8,17H,1H3/t8-/m0/s1. The first kappa shape index (κ1) is 12.4. The van der Waals surface area contributed by atoms with Gasteiger partial charge in [-0.15, -0.1) is 0 Å². The molecule has 0 bridgehead atoms. The molecule has 0 radical (unpaired) electrons. The summed E-state index contributed by atoms with van der Waals surface area (Å²) in [7, 11) is 0. The quantitative estimate of drug-likeness (QED) is 0.910. The Kier molecular flexibility index (Phi) is 3.53. The molecule has 2 aromatic rings. The summed E-state index contributed by atoms with van der Waals surface area (Å²) in [6.07, 6.45) is 0.628. The van der Waals surface area contributed by atoms with E-state index < -0.39 is 17.7 Å². The third-order valence-electron chi connectivity index (χ3n) is 2.35. The van der Waals surface area contributed by atoms with Crippen LogP contribution in [0.1, 0.15) is 18.6 Å². The van der Waals surface area contributed by atoms with Crippen LogP contribution in [0.2, 0.25) is 0 Å². The van der Waals surface area contributed by atoms with E-state index in [2.05, 4.69) is 4.98 Å². The van der Waals surface area contributed by atoms with Crippen LogP contribution >= 0.6 is 0 Å². The molecule has 1 N–H and O–H groups in total. The van der Waals surface area contributed by atoms with E-state index in [1.165, 1.54) is 13.1 Å². The largest absolute Gasteiger partial charge is 0.435 e. The summed E-state index contributed by atoms with van der Waals surface area (Å²) < 4.78 is 31.6. The van der Waals surface area contributed by atoms with Gasteiger partial charge in [0.15, 0.2) is 11.6 Å². The summed E-state index contributed by atoms with van der Waals surface area (Å²) in [5, 5.41) is 9.52. The van der Waals surface area contributed by atoms with Gasteiger partial charge < -0.3 is 9.84 Å². The van der Waals surface area contributed by atoms with E-state index in [0.29, 0.717) is 5.56 Å². The van der Waals surface area contributed by atoms with Crippen LogP contribution in [0.4, 0.5) is 8.78 Å². The van der Waals surface area contributed by atoms with Crippen molar-refractivity contribution in [3.63, 3.8) is 0 Å². The van der Waals surface area contributed by atoms with Crippen molar-refractivity contribution in [3.05, 3.63) is 53.7 Å². The van der Waals surface area contributed by atoms with Crippen LogP contribution in [0.3, 0.4) is 0 Å². The zero-order valence-electron chi connectivity index (χ0n) is 9.60. The molecule has 0 aliphatic rings. The number of pyridine rings is 1. The Morgan fingerprint density at radius 3 is 2.78 bits per heavy atom. The molecule has 0 aliphatic heterocycles. The summed E-state index contributed by atoms with van der Waals surface area (Å²) in [5.41, 5.74) is 0.404. The predicted octanol–water partition coefficient (Wildman–Crippen LogP) is 3.21. The van der Waals surface area contributed by atoms with E-state index in [1.807, 2.05) is 0 Å². The van der Waals surface area contributed by atoms with Gasteiger partial charge in [0.05, 0.1) is 6.10 Å². The highest BCUT2D eigenvalue weighted by atomic mass is 19.1. The third kappa shape index (κ3) is 2.62. The molecule has 0 spiro atoms. The van der Waals surface area contributed by atoms with Crippen LogP contribution in [0.5, 0.6) is 11.6 Å². The van der Waals surface area contributed by atoms with Crippen LogP contribution in [0.25, 0.3) is 0 Å². The first-order chi connectivity index (χ1) is 8.58. The highest BCUT2D eigenvalue weighted by Crippen LogP contribution is 2.29. The van der Waals surface area contributed by atoms with Crippen molar-refractivity contribution in [2.24, 2.45) is 0 Å². The van der Waals surface area contributed by atoms with E-state index in [9.17, 15) is 13.9 Å². The van der Waals surface area contributed by atoms with Gasteiger partial charge >= 0.3 is 0 Å². The second kappa shape index (κ2) is 5.10. The molecule has 18 heavy (non-hydrogen) atoms. The minimum absolute atomic E-state index is 0.0528. The minimum Gasteiger partial charge on any atom is -0.435 e. The van der Waals surface area contributed by atoms with Gasteiger partial charge in [0.25, 0.3) is 0 Å². The van der Waals surface area contributed by atoms with Crippen LogP contribution in [0.15, 0.2) is 36.5 Å². The van der Waals surface area contributed by atoms with Crippen molar-refractivity contribution in [1.29, 1.82) is 0 Å². The maximum atomic E-state index is 13.4. The number of ether oxygens (including phenoxy) is 1. The topological polar surface area (TPSA) is 42.4 Å². The SMILES string of the molecule is C[C@H](O)c1cccnc1Oc1cc(F)ccc1F. The maximum absolute atomic E-state index is 13.4. The number of hydrogen-bond acceptors (Lipinski definition) is 3. The Morgan fingerprint density at radius 1 is 1.28 bits per heavy atom. The second-order valence-corrected chi connectivity index (χ2v) is 3.75. The van der Waals surface area contributed by atoms with Crippen LogP contribution in [0, 0.1) is 11.6 Å². The normalized spacial score (nSPS) is 12.2. The minimum atomic E-state index is -0.815. The molecule has 0 unspecified atom stereocenters. The van der Waals surface area contributed by atoms with Gasteiger partial charge in [-0.1, -0.05) is 0 Å². The van der Waals surface area contributed by atoms with Crippen LogP contribution < -0.4 is 4.74 Å². The number of aliphatic hydroxyl groups excluding tert-OH is 1. The predicted molar refractivity (Wildman–Crippen MR) is 61.3 cm³/mol. The molecule has 2 rings (SSSR count). The van der Waals surface area contributed by atoms with Crippen molar-refractivity contribution < 1.29 is 18.6 Å². The molecular weight excluding hydrogens is 240 g/mol. The highest BCUT2D eigenvalue weighted by molar-refractivity contribution is 5.34. The van der Waals surface area contributed by atoms with Crippen molar-refractivity contribution in [3.8, 4) is 11.6 Å². The molecule has 5 heteroatoms. The monoisotopic (exact) mass is 251 g/mol. The fraction of sp³-hybridized carbons (Fsp3) is 0.154. The van der Waals surface area contributed by atoms with Gasteiger partial charge in [-0.2, -0.15) is 0 Å². The van der Waals surface area contributed by atoms with Crippen LogP contribution in [-0.4, -0.2) is 10.1 Å². The Morgan fingerprint density at radius 2 is 2.06 bits per heavy atom. The number of aromatic nitrogens is 1. The van der Waals surface area contributed by atoms with Gasteiger partial charge in [-0.25, -0.2) is 13.8 Å². The van der Waals surface area contributed by atoms with Crippen molar-refractivity contribution in [1.82, 2.24) is 4.98 Å². The molecule has 1 atom stereocenters. The number of halogens is 2. The van der Waals surface area contributed by atoms with Crippen molar-refractivity contribution in [2.75, 3.05) is 0 Å². The molecule has 0 saturated heterocycles. The van der Waals surface area contributed by atoms with Crippen LogP contribution in [-0.2, 0) is 0 Å². The lowest BCUT2D eigenvalue weighted by molar-refractivity contribution is 0.194. The zero-order chi connectivity index (χ0) is 13.1. The maximum Gasteiger partial charge on any atom is 0.225 e. The summed E-state index contributed by atoms with van der Waals surface area (Å²) in [6.45, 7) is 1.53.